The van der Waals surface area contributed by atoms with Crippen LogP contribution >= 0.6 is 0 Å². The van der Waals surface area contributed by atoms with Gasteiger partial charge < -0.3 is 4.74 Å². The minimum Gasteiger partial charge on any atom is -0.383 e. The van der Waals surface area contributed by atoms with E-state index >= 15 is 0 Å². The summed E-state index contributed by atoms with van der Waals surface area (Å²) in [6.07, 6.45) is 3.99. The predicted octanol–water partition coefficient (Wildman–Crippen LogP) is -0.108. The van der Waals surface area contributed by atoms with Gasteiger partial charge in [0, 0.05) is 13.3 Å². The lowest BCUT2D eigenvalue weighted by atomic mass is 10.0. The lowest BCUT2D eigenvalue weighted by Crippen LogP contribution is -2.59. The van der Waals surface area contributed by atoms with Gasteiger partial charge in [-0.1, -0.05) is 0 Å². The second-order valence-electron chi connectivity index (χ2n) is 4.94. The molecule has 1 aliphatic carbocycles. The molecule has 1 saturated heterocycles. The molecule has 1 N–H and O–H groups in total. The van der Waals surface area contributed by atoms with Crippen LogP contribution in [0.15, 0.2) is 12.4 Å². The molecule has 0 atom stereocenters. The summed E-state index contributed by atoms with van der Waals surface area (Å²) < 4.78 is 6.51. The highest BCUT2D eigenvalue weighted by atomic mass is 16.5. The summed E-state index contributed by atoms with van der Waals surface area (Å²) >= 11 is 0. The Kier molecular flexibility index (Phi) is 2.82. The first-order valence-electron chi connectivity index (χ1n) is 6.30. The number of nitrogens with zero attached hydrogens (tertiary/aromatic N) is 3. The number of nitrogens with one attached hydrogen (secondary N) is 1. The van der Waals surface area contributed by atoms with Crippen LogP contribution in [0.3, 0.4) is 0 Å². The van der Waals surface area contributed by atoms with Crippen LogP contribution in [0.2, 0.25) is 0 Å². The Labute approximate surface area is 114 Å². The number of barbiturate groups is 1. The Morgan fingerprint density at radius 3 is 2.80 bits per heavy atom. The Balaban J connectivity index is 1.85. The number of aromatic nitrogens is 2. The molecule has 2 aliphatic rings. The first-order chi connectivity index (χ1) is 9.58. The minimum atomic E-state index is -1.04. The van der Waals surface area contributed by atoms with E-state index in [1.165, 1.54) is 6.20 Å². The fourth-order valence-electron chi connectivity index (χ4n) is 2.25. The van der Waals surface area contributed by atoms with E-state index in [9.17, 15) is 14.4 Å². The van der Waals surface area contributed by atoms with Crippen LogP contribution in [0.5, 0.6) is 0 Å². The summed E-state index contributed by atoms with van der Waals surface area (Å²) in [6.45, 7) is 0.994. The number of hydrogen-bond acceptors (Lipinski definition) is 5. The highest BCUT2D eigenvalue weighted by Crippen LogP contribution is 2.49. The topological polar surface area (TPSA) is 93.5 Å². The average molecular weight is 278 g/mol. The number of imide groups is 2. The highest BCUT2D eigenvalue weighted by molar-refractivity contribution is 6.31. The first-order valence-corrected chi connectivity index (χ1v) is 6.30. The van der Waals surface area contributed by atoms with Crippen LogP contribution in [-0.4, -0.2) is 41.3 Å². The normalized spacial score (nSPS) is 20.4. The average Bonchev–Trinajstić information content (AvgIpc) is 3.10. The van der Waals surface area contributed by atoms with Crippen LogP contribution in [0.1, 0.15) is 12.8 Å². The SMILES string of the molecule is COCCn1cc(N2C(=O)NC(=O)C3(CC3)C2=O)cn1. The summed E-state index contributed by atoms with van der Waals surface area (Å²) in [5.74, 6) is -0.951. The number of carbonyl (C=O) groups excluding carboxylic acids is 3. The molecular weight excluding hydrogens is 264 g/mol. The van der Waals surface area contributed by atoms with Gasteiger partial charge in [-0.25, -0.2) is 9.69 Å². The maximum Gasteiger partial charge on any atom is 0.335 e. The van der Waals surface area contributed by atoms with Gasteiger partial charge in [-0.2, -0.15) is 5.10 Å². The van der Waals surface area contributed by atoms with Crippen molar-refractivity contribution in [1.82, 2.24) is 15.1 Å². The fourth-order valence-corrected chi connectivity index (χ4v) is 2.25. The molecule has 0 bridgehead atoms. The molecule has 1 aromatic rings. The standard InChI is InChI=1S/C12H14N4O4/c1-20-5-4-15-7-8(6-13-15)16-10(18)12(2-3-12)9(17)14-11(16)19/h6-7H,2-5H2,1H3,(H,14,17,19). The maximum absolute atomic E-state index is 12.3. The van der Waals surface area contributed by atoms with E-state index in [1.807, 2.05) is 0 Å². The minimum absolute atomic E-state index is 0.363. The number of urea groups is 1. The number of rotatable bonds is 4. The van der Waals surface area contributed by atoms with Crippen LogP contribution in [0.4, 0.5) is 10.5 Å². The molecule has 1 aromatic heterocycles. The van der Waals surface area contributed by atoms with Crippen molar-refractivity contribution in [1.29, 1.82) is 0 Å². The van der Waals surface area contributed by atoms with Crippen LogP contribution in [-0.2, 0) is 20.9 Å². The number of methoxy groups -OCH3 is 1. The number of ether oxygens (including phenoxy) is 1. The Hall–Kier alpha value is -2.22. The Morgan fingerprint density at radius 1 is 1.40 bits per heavy atom. The second kappa shape index (κ2) is 4.41. The van der Waals surface area contributed by atoms with Crippen LogP contribution < -0.4 is 10.2 Å². The van der Waals surface area contributed by atoms with Crippen molar-refractivity contribution in [2.75, 3.05) is 18.6 Å². The van der Waals surface area contributed by atoms with E-state index in [-0.39, 0.29) is 0 Å². The molecule has 1 aliphatic heterocycles. The van der Waals surface area contributed by atoms with E-state index in [4.69, 9.17) is 4.74 Å². The van der Waals surface area contributed by atoms with Gasteiger partial charge in [0.05, 0.1) is 25.0 Å². The van der Waals surface area contributed by atoms with Gasteiger partial charge in [-0.15, -0.1) is 0 Å². The third kappa shape index (κ3) is 1.80. The lowest BCUT2D eigenvalue weighted by Gasteiger charge is -2.28. The molecule has 106 valence electrons. The lowest BCUT2D eigenvalue weighted by molar-refractivity contribution is -0.136. The molecule has 8 nitrogen and oxygen atoms in total. The van der Waals surface area contributed by atoms with Crippen LogP contribution in [0, 0.1) is 5.41 Å². The van der Waals surface area contributed by atoms with Crippen molar-refractivity contribution >= 4 is 23.5 Å². The van der Waals surface area contributed by atoms with Crippen LogP contribution in [0.25, 0.3) is 0 Å². The molecule has 1 spiro atoms. The van der Waals surface area contributed by atoms with E-state index in [2.05, 4.69) is 10.4 Å². The number of anilines is 1. The van der Waals surface area contributed by atoms with Gasteiger partial charge in [-0.05, 0) is 12.8 Å². The molecule has 0 radical (unpaired) electrons. The van der Waals surface area contributed by atoms with Crippen molar-refractivity contribution in [2.24, 2.45) is 5.41 Å². The molecule has 2 heterocycles. The summed E-state index contributed by atoms with van der Waals surface area (Å²) in [5.41, 5.74) is -0.676. The Bertz CT molecular complexity index is 590. The molecule has 0 unspecified atom stereocenters. The van der Waals surface area contributed by atoms with Gasteiger partial charge in [-0.3, -0.25) is 19.6 Å². The van der Waals surface area contributed by atoms with Crippen molar-refractivity contribution in [3.63, 3.8) is 0 Å². The third-order valence-electron chi connectivity index (χ3n) is 3.62. The summed E-state index contributed by atoms with van der Waals surface area (Å²) in [5, 5.41) is 6.29. The monoisotopic (exact) mass is 278 g/mol. The summed E-state index contributed by atoms with van der Waals surface area (Å²) in [7, 11) is 1.58. The van der Waals surface area contributed by atoms with E-state index in [1.54, 1.807) is 18.0 Å². The van der Waals surface area contributed by atoms with E-state index in [0.717, 1.165) is 4.90 Å². The van der Waals surface area contributed by atoms with Gasteiger partial charge >= 0.3 is 6.03 Å². The molecule has 4 amide bonds. The van der Waals surface area contributed by atoms with Crippen molar-refractivity contribution in [2.45, 2.75) is 19.4 Å². The van der Waals surface area contributed by atoms with Crippen molar-refractivity contribution in [3.05, 3.63) is 12.4 Å². The first kappa shape index (κ1) is 12.8. The van der Waals surface area contributed by atoms with Crippen molar-refractivity contribution < 1.29 is 19.1 Å². The van der Waals surface area contributed by atoms with Crippen molar-refractivity contribution in [3.8, 4) is 0 Å². The fraction of sp³-hybridized carbons (Fsp3) is 0.500. The molecule has 20 heavy (non-hydrogen) atoms. The van der Waals surface area contributed by atoms with E-state index in [0.29, 0.717) is 31.7 Å². The quantitative estimate of drug-likeness (QED) is 0.776. The molecule has 1 saturated carbocycles. The molecule has 0 aromatic carbocycles. The van der Waals surface area contributed by atoms with E-state index < -0.39 is 23.3 Å². The highest BCUT2D eigenvalue weighted by Gasteiger charge is 2.62. The summed E-state index contributed by atoms with van der Waals surface area (Å²) in [6, 6.07) is -0.719. The van der Waals surface area contributed by atoms with Gasteiger partial charge in [0.1, 0.15) is 5.41 Å². The number of amides is 4. The zero-order valence-electron chi connectivity index (χ0n) is 11.0. The predicted molar refractivity (Wildman–Crippen MR) is 66.8 cm³/mol. The molecule has 3 rings (SSSR count). The molecule has 8 heteroatoms. The zero-order valence-corrected chi connectivity index (χ0v) is 11.0. The number of hydrogen-bond donors (Lipinski definition) is 1. The third-order valence-corrected chi connectivity index (χ3v) is 3.62. The van der Waals surface area contributed by atoms with Gasteiger partial charge in [0.25, 0.3) is 5.91 Å². The maximum atomic E-state index is 12.3. The molecular formula is C12H14N4O4. The second-order valence-corrected chi connectivity index (χ2v) is 4.94. The largest absolute Gasteiger partial charge is 0.383 e. The zero-order chi connectivity index (χ0) is 14.3. The number of carbonyl (C=O) groups is 3. The van der Waals surface area contributed by atoms with Gasteiger partial charge in [0.15, 0.2) is 0 Å². The Morgan fingerprint density at radius 2 is 2.15 bits per heavy atom. The summed E-state index contributed by atoms with van der Waals surface area (Å²) in [4.78, 5) is 36.9. The smallest absolute Gasteiger partial charge is 0.335 e. The molecule has 2 fully saturated rings. The van der Waals surface area contributed by atoms with Gasteiger partial charge in [0.2, 0.25) is 5.91 Å².